The highest BCUT2D eigenvalue weighted by Gasteiger charge is 2.33. The third-order valence-electron chi connectivity index (χ3n) is 3.33. The summed E-state index contributed by atoms with van der Waals surface area (Å²) in [5.74, 6) is 0.871. The van der Waals surface area contributed by atoms with Crippen LogP contribution in [0.4, 0.5) is 10.5 Å². The molecule has 1 amide bonds. The van der Waals surface area contributed by atoms with Gasteiger partial charge in [-0.1, -0.05) is 5.16 Å². The van der Waals surface area contributed by atoms with Crippen molar-refractivity contribution in [1.29, 1.82) is 0 Å². The second-order valence-corrected chi connectivity index (χ2v) is 4.48. The van der Waals surface area contributed by atoms with E-state index in [-0.39, 0.29) is 6.04 Å². The van der Waals surface area contributed by atoms with Gasteiger partial charge in [0.05, 0.1) is 25.6 Å². The molecule has 0 spiro atoms. The van der Waals surface area contributed by atoms with Crippen molar-refractivity contribution in [1.82, 2.24) is 0 Å². The highest BCUT2D eigenvalue weighted by molar-refractivity contribution is 6.11. The first-order valence-electron chi connectivity index (χ1n) is 6.03. The smallest absolute Gasteiger partial charge is 0.412 e. The monoisotopic (exact) mass is 280 g/mol. The van der Waals surface area contributed by atoms with Crippen molar-refractivity contribution >= 4 is 17.5 Å². The molecule has 0 fully saturated rings. The van der Waals surface area contributed by atoms with Crippen molar-refractivity contribution in [3.05, 3.63) is 17.7 Å². The molecule has 0 aliphatic carbocycles. The Morgan fingerprint density at radius 2 is 1.95 bits per heavy atom. The molecule has 1 unspecified atom stereocenters. The van der Waals surface area contributed by atoms with Gasteiger partial charge >= 0.3 is 6.09 Å². The van der Waals surface area contributed by atoms with Gasteiger partial charge in [-0.25, -0.2) is 4.79 Å². The van der Waals surface area contributed by atoms with Crippen molar-refractivity contribution < 1.29 is 24.6 Å². The summed E-state index contributed by atoms with van der Waals surface area (Å²) in [6.07, 6.45) is -0.742. The van der Waals surface area contributed by atoms with Crippen LogP contribution in [0.1, 0.15) is 18.9 Å². The van der Waals surface area contributed by atoms with E-state index in [0.717, 1.165) is 0 Å². The van der Waals surface area contributed by atoms with E-state index in [0.29, 0.717) is 34.9 Å². The highest BCUT2D eigenvalue weighted by Crippen LogP contribution is 2.39. The molecule has 0 bridgehead atoms. The fourth-order valence-corrected chi connectivity index (χ4v) is 2.40. The van der Waals surface area contributed by atoms with E-state index in [9.17, 15) is 9.90 Å². The molecular weight excluding hydrogens is 264 g/mol. The number of anilines is 1. The zero-order valence-corrected chi connectivity index (χ0v) is 11.5. The molecule has 0 aromatic heterocycles. The Balaban J connectivity index is 2.69. The SMILES string of the molecule is COc1cc2c(cc1OC)N(C(=O)O)C(C)CC2=NO. The number of oxime groups is 1. The van der Waals surface area contributed by atoms with Gasteiger partial charge in [-0.2, -0.15) is 0 Å². The minimum atomic E-state index is -1.07. The summed E-state index contributed by atoms with van der Waals surface area (Å²) in [6.45, 7) is 1.75. The topological polar surface area (TPSA) is 91.6 Å². The van der Waals surface area contributed by atoms with Crippen LogP contribution < -0.4 is 14.4 Å². The molecule has 2 N–H and O–H groups in total. The summed E-state index contributed by atoms with van der Waals surface area (Å²) < 4.78 is 10.4. The lowest BCUT2D eigenvalue weighted by molar-refractivity contribution is 0.199. The quantitative estimate of drug-likeness (QED) is 0.639. The minimum absolute atomic E-state index is 0.325. The van der Waals surface area contributed by atoms with Crippen molar-refractivity contribution in [3.8, 4) is 11.5 Å². The average Bonchev–Trinajstić information content (AvgIpc) is 2.44. The van der Waals surface area contributed by atoms with Gasteiger partial charge in [-0.3, -0.25) is 4.90 Å². The number of carboxylic acid groups (broad SMARTS) is 1. The summed E-state index contributed by atoms with van der Waals surface area (Å²) in [5, 5.41) is 21.7. The molecule has 1 aliphatic heterocycles. The van der Waals surface area contributed by atoms with Crippen molar-refractivity contribution in [2.75, 3.05) is 19.1 Å². The summed E-state index contributed by atoms with van der Waals surface area (Å²) in [5.41, 5.74) is 1.36. The molecule has 0 saturated carbocycles. The van der Waals surface area contributed by atoms with Crippen molar-refractivity contribution in [2.45, 2.75) is 19.4 Å². The standard InChI is InChI=1S/C13H16N2O5/c1-7-4-9(14-18)8-5-11(19-2)12(20-3)6-10(8)15(7)13(16)17/h5-7,18H,4H2,1-3H3,(H,16,17). The first kappa shape index (κ1) is 14.0. The second-order valence-electron chi connectivity index (χ2n) is 4.48. The Bertz CT molecular complexity index is 570. The predicted molar refractivity (Wildman–Crippen MR) is 72.5 cm³/mol. The van der Waals surface area contributed by atoms with Crippen LogP contribution in [0.2, 0.25) is 0 Å². The minimum Gasteiger partial charge on any atom is -0.493 e. The van der Waals surface area contributed by atoms with E-state index in [4.69, 9.17) is 14.7 Å². The van der Waals surface area contributed by atoms with Gasteiger partial charge in [0.25, 0.3) is 0 Å². The molecule has 108 valence electrons. The van der Waals surface area contributed by atoms with E-state index in [1.807, 2.05) is 0 Å². The van der Waals surface area contributed by atoms with E-state index < -0.39 is 6.09 Å². The van der Waals surface area contributed by atoms with Crippen molar-refractivity contribution in [2.24, 2.45) is 5.16 Å². The first-order valence-corrected chi connectivity index (χ1v) is 6.03. The van der Waals surface area contributed by atoms with Crippen LogP contribution in [0.3, 0.4) is 0 Å². The molecule has 0 saturated heterocycles. The largest absolute Gasteiger partial charge is 0.493 e. The number of amides is 1. The number of fused-ring (bicyclic) bond motifs is 1. The summed E-state index contributed by atoms with van der Waals surface area (Å²) in [7, 11) is 2.96. The highest BCUT2D eigenvalue weighted by atomic mass is 16.5. The number of benzene rings is 1. The van der Waals surface area contributed by atoms with Gasteiger partial charge in [0.1, 0.15) is 0 Å². The maximum atomic E-state index is 11.4. The van der Waals surface area contributed by atoms with Crippen LogP contribution in [-0.4, -0.2) is 42.4 Å². The molecule has 0 radical (unpaired) electrons. The molecule has 1 aromatic rings. The Morgan fingerprint density at radius 3 is 2.45 bits per heavy atom. The van der Waals surface area contributed by atoms with Crippen LogP contribution in [0, 0.1) is 0 Å². The zero-order valence-electron chi connectivity index (χ0n) is 11.5. The summed E-state index contributed by atoms with van der Waals surface area (Å²) >= 11 is 0. The molecule has 7 nitrogen and oxygen atoms in total. The van der Waals surface area contributed by atoms with E-state index in [1.54, 1.807) is 19.1 Å². The van der Waals surface area contributed by atoms with Gasteiger partial charge in [0, 0.05) is 24.1 Å². The van der Waals surface area contributed by atoms with Gasteiger partial charge in [-0.05, 0) is 13.0 Å². The first-order chi connectivity index (χ1) is 9.53. The molecule has 1 heterocycles. The fraction of sp³-hybridized carbons (Fsp3) is 0.385. The lowest BCUT2D eigenvalue weighted by atomic mass is 9.94. The van der Waals surface area contributed by atoms with Gasteiger partial charge in [0.2, 0.25) is 0 Å². The van der Waals surface area contributed by atoms with Crippen LogP contribution in [0.25, 0.3) is 0 Å². The zero-order chi connectivity index (χ0) is 14.9. The second kappa shape index (κ2) is 5.28. The van der Waals surface area contributed by atoms with E-state index in [2.05, 4.69) is 5.16 Å². The number of rotatable bonds is 2. The van der Waals surface area contributed by atoms with Crippen LogP contribution in [-0.2, 0) is 0 Å². The van der Waals surface area contributed by atoms with Crippen LogP contribution in [0.5, 0.6) is 11.5 Å². The van der Waals surface area contributed by atoms with Crippen LogP contribution >= 0.6 is 0 Å². The molecule has 1 aromatic carbocycles. The third-order valence-corrected chi connectivity index (χ3v) is 3.33. The lowest BCUT2D eigenvalue weighted by Crippen LogP contribution is -2.43. The normalized spacial score (nSPS) is 19.6. The molecule has 7 heteroatoms. The predicted octanol–water partition coefficient (Wildman–Crippen LogP) is 2.16. The lowest BCUT2D eigenvalue weighted by Gasteiger charge is -2.33. The van der Waals surface area contributed by atoms with Gasteiger partial charge in [-0.15, -0.1) is 0 Å². The Hall–Kier alpha value is -2.44. The average molecular weight is 280 g/mol. The molecular formula is C13H16N2O5. The number of methoxy groups -OCH3 is 2. The summed E-state index contributed by atoms with van der Waals surface area (Å²) in [4.78, 5) is 12.7. The molecule has 1 atom stereocenters. The maximum Gasteiger partial charge on any atom is 0.412 e. The number of hydrogen-bond donors (Lipinski definition) is 2. The van der Waals surface area contributed by atoms with E-state index in [1.165, 1.54) is 19.1 Å². The number of hydrogen-bond acceptors (Lipinski definition) is 5. The Labute approximate surface area is 116 Å². The number of carbonyl (C=O) groups is 1. The Kier molecular flexibility index (Phi) is 3.69. The molecule has 20 heavy (non-hydrogen) atoms. The fourth-order valence-electron chi connectivity index (χ4n) is 2.40. The Morgan fingerprint density at radius 1 is 1.35 bits per heavy atom. The van der Waals surface area contributed by atoms with Gasteiger partial charge in [0.15, 0.2) is 11.5 Å². The number of ether oxygens (including phenoxy) is 2. The van der Waals surface area contributed by atoms with Crippen LogP contribution in [0.15, 0.2) is 17.3 Å². The molecule has 1 aliphatic rings. The third kappa shape index (κ3) is 2.11. The van der Waals surface area contributed by atoms with Gasteiger partial charge < -0.3 is 19.8 Å². The maximum absolute atomic E-state index is 11.4. The van der Waals surface area contributed by atoms with E-state index >= 15 is 0 Å². The summed E-state index contributed by atoms with van der Waals surface area (Å²) in [6, 6.07) is 2.86. The number of nitrogens with zero attached hydrogens (tertiary/aromatic N) is 2. The molecule has 2 rings (SSSR count). The van der Waals surface area contributed by atoms with Crippen molar-refractivity contribution in [3.63, 3.8) is 0 Å².